The lowest BCUT2D eigenvalue weighted by atomic mass is 9.99. The lowest BCUT2D eigenvalue weighted by Crippen LogP contribution is -2.54. The fourth-order valence-electron chi connectivity index (χ4n) is 4.44. The monoisotopic (exact) mass is 553 g/mol. The summed E-state index contributed by atoms with van der Waals surface area (Å²) in [6, 6.07) is 13.8. The number of nitrogens with zero attached hydrogens (tertiary/aromatic N) is 1. The minimum absolute atomic E-state index is 0.106. The van der Waals surface area contributed by atoms with Gasteiger partial charge >= 0.3 is 6.09 Å². The second-order valence-corrected chi connectivity index (χ2v) is 11.5. The van der Waals surface area contributed by atoms with Gasteiger partial charge in [0.2, 0.25) is 11.8 Å². The van der Waals surface area contributed by atoms with Crippen molar-refractivity contribution in [2.45, 2.75) is 104 Å². The highest BCUT2D eigenvalue weighted by Crippen LogP contribution is 2.25. The van der Waals surface area contributed by atoms with Gasteiger partial charge in [-0.25, -0.2) is 4.79 Å². The Balaban J connectivity index is 2.50. The molecule has 2 aromatic carbocycles. The summed E-state index contributed by atoms with van der Waals surface area (Å²) in [5.74, 6) is -0.541. The quantitative estimate of drug-likeness (QED) is 0.253. The molecule has 8 nitrogen and oxygen atoms in total. The summed E-state index contributed by atoms with van der Waals surface area (Å²) in [7, 11) is 0. The minimum atomic E-state index is -0.993. The lowest BCUT2D eigenvalue weighted by Gasteiger charge is -2.35. The third kappa shape index (κ3) is 11.3. The molecular formula is C32H47N3O5. The van der Waals surface area contributed by atoms with Gasteiger partial charge in [-0.15, -0.1) is 0 Å². The van der Waals surface area contributed by atoms with E-state index in [4.69, 9.17) is 4.74 Å². The van der Waals surface area contributed by atoms with Crippen molar-refractivity contribution in [2.24, 2.45) is 0 Å². The molecule has 0 bridgehead atoms. The number of rotatable bonds is 14. The van der Waals surface area contributed by atoms with Crippen LogP contribution in [0, 0.1) is 0 Å². The van der Waals surface area contributed by atoms with Crippen LogP contribution in [0.1, 0.15) is 90.8 Å². The van der Waals surface area contributed by atoms with E-state index in [9.17, 15) is 19.5 Å². The van der Waals surface area contributed by atoms with E-state index < -0.39 is 23.8 Å². The first-order valence-corrected chi connectivity index (χ1v) is 14.3. The molecule has 0 aliphatic rings. The molecule has 0 heterocycles. The van der Waals surface area contributed by atoms with Crippen LogP contribution < -0.4 is 10.6 Å². The fraction of sp³-hybridized carbons (Fsp3) is 0.531. The zero-order valence-electron chi connectivity index (χ0n) is 24.9. The van der Waals surface area contributed by atoms with Crippen molar-refractivity contribution >= 4 is 17.9 Å². The number of nitrogens with one attached hydrogen (secondary N) is 2. The summed E-state index contributed by atoms with van der Waals surface area (Å²) >= 11 is 0. The molecule has 8 heteroatoms. The summed E-state index contributed by atoms with van der Waals surface area (Å²) < 4.78 is 5.49. The number of hydrogen-bond acceptors (Lipinski definition) is 5. The van der Waals surface area contributed by atoms with E-state index in [2.05, 4.69) is 17.6 Å². The Morgan fingerprint density at radius 1 is 0.900 bits per heavy atom. The Bertz CT molecular complexity index is 1060. The Morgan fingerprint density at radius 2 is 1.52 bits per heavy atom. The van der Waals surface area contributed by atoms with Crippen LogP contribution in [0.5, 0.6) is 5.75 Å². The maximum atomic E-state index is 14.4. The highest BCUT2D eigenvalue weighted by atomic mass is 16.6. The van der Waals surface area contributed by atoms with Crippen molar-refractivity contribution in [3.05, 3.63) is 65.7 Å². The number of carbonyl (C=O) groups is 3. The largest absolute Gasteiger partial charge is 0.508 e. The number of hydrogen-bond donors (Lipinski definition) is 3. The third-order valence-electron chi connectivity index (χ3n) is 6.26. The van der Waals surface area contributed by atoms with Gasteiger partial charge in [-0.2, -0.15) is 0 Å². The molecular weight excluding hydrogens is 506 g/mol. The zero-order valence-corrected chi connectivity index (χ0v) is 24.9. The number of benzene rings is 2. The summed E-state index contributed by atoms with van der Waals surface area (Å²) in [4.78, 5) is 42.5. The van der Waals surface area contributed by atoms with Crippen LogP contribution in [0.2, 0.25) is 0 Å². The van der Waals surface area contributed by atoms with Crippen LogP contribution in [0.4, 0.5) is 4.79 Å². The number of carbonyl (C=O) groups excluding carboxylic acids is 3. The van der Waals surface area contributed by atoms with Gasteiger partial charge in [-0.3, -0.25) is 9.59 Å². The van der Waals surface area contributed by atoms with Crippen LogP contribution in [-0.4, -0.2) is 52.1 Å². The molecule has 0 fully saturated rings. The Morgan fingerprint density at radius 3 is 2.10 bits per heavy atom. The molecule has 220 valence electrons. The van der Waals surface area contributed by atoms with E-state index in [0.29, 0.717) is 12.1 Å². The standard InChI is InChI=1S/C32H47N3O5/c1-7-8-9-10-14-21-35(28(29(37)33-23(2)3)25-15-12-11-13-16-25)30(38)27(34-31(39)40-32(4,5)6)22-24-17-19-26(36)20-18-24/h11-13,15-20,23,27-28,36H,7-10,14,21-22H2,1-6H3,(H,33,37)(H,34,39). The molecule has 0 saturated carbocycles. The number of phenolic OH excluding ortho intramolecular Hbond substituents is 1. The van der Waals surface area contributed by atoms with E-state index in [1.54, 1.807) is 49.9 Å². The van der Waals surface area contributed by atoms with E-state index in [1.807, 2.05) is 44.2 Å². The molecule has 2 aromatic rings. The van der Waals surface area contributed by atoms with Crippen molar-refractivity contribution in [2.75, 3.05) is 6.54 Å². The second kappa shape index (κ2) is 15.9. The van der Waals surface area contributed by atoms with Gasteiger partial charge in [0.25, 0.3) is 0 Å². The first-order valence-electron chi connectivity index (χ1n) is 14.3. The van der Waals surface area contributed by atoms with Crippen LogP contribution in [0.15, 0.2) is 54.6 Å². The van der Waals surface area contributed by atoms with Gasteiger partial charge in [0, 0.05) is 19.0 Å². The number of ether oxygens (including phenoxy) is 1. The molecule has 0 spiro atoms. The number of unbranched alkanes of at least 4 members (excludes halogenated alkanes) is 4. The van der Waals surface area contributed by atoms with Crippen molar-refractivity contribution in [3.8, 4) is 5.75 Å². The number of aromatic hydroxyl groups is 1. The van der Waals surface area contributed by atoms with E-state index in [0.717, 1.165) is 37.7 Å². The predicted octanol–water partition coefficient (Wildman–Crippen LogP) is 5.89. The molecule has 3 N–H and O–H groups in total. The normalized spacial score (nSPS) is 12.9. The van der Waals surface area contributed by atoms with E-state index in [-0.39, 0.29) is 30.0 Å². The fourth-order valence-corrected chi connectivity index (χ4v) is 4.44. The minimum Gasteiger partial charge on any atom is -0.508 e. The van der Waals surface area contributed by atoms with Gasteiger partial charge in [0.15, 0.2) is 0 Å². The smallest absolute Gasteiger partial charge is 0.408 e. The molecule has 0 aliphatic heterocycles. The molecule has 40 heavy (non-hydrogen) atoms. The van der Waals surface area contributed by atoms with Gasteiger partial charge in [0.05, 0.1) is 0 Å². The maximum Gasteiger partial charge on any atom is 0.408 e. The zero-order chi connectivity index (χ0) is 29.7. The topological polar surface area (TPSA) is 108 Å². The highest BCUT2D eigenvalue weighted by Gasteiger charge is 2.36. The van der Waals surface area contributed by atoms with Crippen LogP contribution in [0.25, 0.3) is 0 Å². The van der Waals surface area contributed by atoms with Crippen molar-refractivity contribution in [1.29, 1.82) is 0 Å². The maximum absolute atomic E-state index is 14.4. The van der Waals surface area contributed by atoms with Gasteiger partial charge in [0.1, 0.15) is 23.4 Å². The van der Waals surface area contributed by atoms with E-state index in [1.165, 1.54) is 0 Å². The number of alkyl carbamates (subject to hydrolysis) is 1. The number of phenols is 1. The van der Waals surface area contributed by atoms with E-state index >= 15 is 0 Å². The number of amides is 3. The molecule has 0 aromatic heterocycles. The summed E-state index contributed by atoms with van der Waals surface area (Å²) in [6.45, 7) is 11.5. The van der Waals surface area contributed by atoms with Crippen LogP contribution in [-0.2, 0) is 20.7 Å². The molecule has 0 radical (unpaired) electrons. The van der Waals surface area contributed by atoms with Crippen molar-refractivity contribution in [3.63, 3.8) is 0 Å². The van der Waals surface area contributed by atoms with Crippen molar-refractivity contribution in [1.82, 2.24) is 15.5 Å². The molecule has 3 amide bonds. The van der Waals surface area contributed by atoms with Gasteiger partial charge < -0.3 is 25.4 Å². The first-order chi connectivity index (χ1) is 18.9. The second-order valence-electron chi connectivity index (χ2n) is 11.5. The summed E-state index contributed by atoms with van der Waals surface area (Å²) in [5.41, 5.74) is 0.694. The highest BCUT2D eigenvalue weighted by molar-refractivity contribution is 5.92. The first kappa shape index (κ1) is 32.7. The Labute approximate surface area is 239 Å². The molecule has 0 aliphatic carbocycles. The lowest BCUT2D eigenvalue weighted by molar-refractivity contribution is -0.142. The van der Waals surface area contributed by atoms with Crippen LogP contribution >= 0.6 is 0 Å². The van der Waals surface area contributed by atoms with Gasteiger partial charge in [-0.1, -0.05) is 75.1 Å². The Hall–Kier alpha value is -3.55. The average Bonchev–Trinajstić information content (AvgIpc) is 2.87. The van der Waals surface area contributed by atoms with Crippen molar-refractivity contribution < 1.29 is 24.2 Å². The molecule has 2 rings (SSSR count). The SMILES string of the molecule is CCCCCCCN(C(=O)C(Cc1ccc(O)cc1)NC(=O)OC(C)(C)C)C(C(=O)NC(C)C)c1ccccc1. The predicted molar refractivity (Wildman–Crippen MR) is 158 cm³/mol. The molecule has 0 saturated heterocycles. The third-order valence-corrected chi connectivity index (χ3v) is 6.26. The average molecular weight is 554 g/mol. The summed E-state index contributed by atoms with van der Waals surface area (Å²) in [6.07, 6.45) is 4.34. The van der Waals surface area contributed by atoms with Crippen LogP contribution in [0.3, 0.4) is 0 Å². The summed E-state index contributed by atoms with van der Waals surface area (Å²) in [5, 5.41) is 15.5. The Kier molecular flexibility index (Phi) is 13.0. The van der Waals surface area contributed by atoms with Gasteiger partial charge in [-0.05, 0) is 64.3 Å². The molecule has 2 unspecified atom stereocenters. The molecule has 2 atom stereocenters.